The second kappa shape index (κ2) is 8.87. The maximum Gasteiger partial charge on any atom is 0.328 e. The van der Waals surface area contributed by atoms with E-state index in [0.717, 1.165) is 30.5 Å². The zero-order chi connectivity index (χ0) is 24.0. The fourth-order valence-electron chi connectivity index (χ4n) is 7.48. The first-order valence-corrected chi connectivity index (χ1v) is 12.6. The van der Waals surface area contributed by atoms with Gasteiger partial charge in [-0.05, 0) is 86.8 Å². The summed E-state index contributed by atoms with van der Waals surface area (Å²) < 4.78 is 0. The summed E-state index contributed by atoms with van der Waals surface area (Å²) in [7, 11) is 3.97. The standard InChI is InChI=1S/C26H36N4O4/c1-28(2)21-8-6-17(7-9-21)16-29-22(4-3-5-23(31)27-34)24(32)30(25(29)33)26-13-18-10-19(14-26)12-20(11-18)15-26/h6-9,18-20,22,34H,3-5,10-16H2,1-2H3,(H,27,31). The zero-order valence-corrected chi connectivity index (χ0v) is 20.2. The van der Waals surface area contributed by atoms with Gasteiger partial charge in [-0.1, -0.05) is 12.1 Å². The quantitative estimate of drug-likeness (QED) is 0.346. The van der Waals surface area contributed by atoms with E-state index in [1.165, 1.54) is 19.3 Å². The van der Waals surface area contributed by atoms with Crippen molar-refractivity contribution in [2.75, 3.05) is 19.0 Å². The molecule has 2 N–H and O–H groups in total. The minimum Gasteiger partial charge on any atom is -0.378 e. The molecule has 0 radical (unpaired) electrons. The molecule has 1 aromatic rings. The van der Waals surface area contributed by atoms with E-state index >= 15 is 0 Å². The number of hydrogen-bond donors (Lipinski definition) is 2. The fraction of sp³-hybridized carbons (Fsp3) is 0.654. The van der Waals surface area contributed by atoms with Crippen molar-refractivity contribution < 1.29 is 19.6 Å². The summed E-state index contributed by atoms with van der Waals surface area (Å²) in [5.74, 6) is 1.32. The first-order valence-electron chi connectivity index (χ1n) is 12.6. The van der Waals surface area contributed by atoms with Gasteiger partial charge in [0.2, 0.25) is 5.91 Å². The molecule has 34 heavy (non-hydrogen) atoms. The van der Waals surface area contributed by atoms with E-state index in [-0.39, 0.29) is 23.9 Å². The average molecular weight is 469 g/mol. The molecule has 1 unspecified atom stereocenters. The fourth-order valence-corrected chi connectivity index (χ4v) is 7.48. The Morgan fingerprint density at radius 1 is 1.06 bits per heavy atom. The number of carbonyl (C=O) groups excluding carboxylic acids is 3. The summed E-state index contributed by atoms with van der Waals surface area (Å²) in [5, 5.41) is 8.82. The van der Waals surface area contributed by atoms with Crippen molar-refractivity contribution in [3.8, 4) is 0 Å². The zero-order valence-electron chi connectivity index (χ0n) is 20.2. The molecule has 0 aromatic heterocycles. The summed E-state index contributed by atoms with van der Waals surface area (Å²) >= 11 is 0. The van der Waals surface area contributed by atoms with E-state index in [1.807, 2.05) is 43.3 Å². The van der Waals surface area contributed by atoms with Gasteiger partial charge in [-0.25, -0.2) is 10.3 Å². The highest BCUT2D eigenvalue weighted by Gasteiger charge is 2.60. The van der Waals surface area contributed by atoms with Crippen LogP contribution in [-0.2, 0) is 16.1 Å². The Morgan fingerprint density at radius 3 is 2.18 bits per heavy atom. The van der Waals surface area contributed by atoms with Gasteiger partial charge in [-0.2, -0.15) is 0 Å². The van der Waals surface area contributed by atoms with Crippen LogP contribution in [0.1, 0.15) is 63.4 Å². The molecule has 4 aliphatic carbocycles. The van der Waals surface area contributed by atoms with Crippen LogP contribution >= 0.6 is 0 Å². The Morgan fingerprint density at radius 2 is 1.65 bits per heavy atom. The third kappa shape index (κ3) is 4.06. The van der Waals surface area contributed by atoms with Crippen LogP contribution in [0.15, 0.2) is 24.3 Å². The largest absolute Gasteiger partial charge is 0.378 e. The maximum absolute atomic E-state index is 13.9. The third-order valence-electron chi connectivity index (χ3n) is 8.61. The van der Waals surface area contributed by atoms with Gasteiger partial charge in [0.25, 0.3) is 5.91 Å². The van der Waals surface area contributed by atoms with E-state index < -0.39 is 11.9 Å². The van der Waals surface area contributed by atoms with Gasteiger partial charge >= 0.3 is 6.03 Å². The number of imide groups is 1. The average Bonchev–Trinajstić information content (AvgIpc) is 3.02. The Hall–Kier alpha value is -2.61. The van der Waals surface area contributed by atoms with Gasteiger partial charge in [0.1, 0.15) is 6.04 Å². The molecule has 1 aromatic carbocycles. The molecule has 1 aliphatic heterocycles. The van der Waals surface area contributed by atoms with Crippen LogP contribution in [0.2, 0.25) is 0 Å². The summed E-state index contributed by atoms with van der Waals surface area (Å²) in [6.45, 7) is 0.373. The molecule has 5 fully saturated rings. The highest BCUT2D eigenvalue weighted by Crippen LogP contribution is 2.58. The number of benzene rings is 1. The van der Waals surface area contributed by atoms with Crippen molar-refractivity contribution in [3.05, 3.63) is 29.8 Å². The van der Waals surface area contributed by atoms with Crippen LogP contribution in [-0.4, -0.2) is 58.5 Å². The van der Waals surface area contributed by atoms with E-state index in [4.69, 9.17) is 5.21 Å². The van der Waals surface area contributed by atoms with Crippen LogP contribution in [0, 0.1) is 17.8 Å². The molecular formula is C26H36N4O4. The maximum atomic E-state index is 13.9. The van der Waals surface area contributed by atoms with Gasteiger partial charge < -0.3 is 9.80 Å². The third-order valence-corrected chi connectivity index (χ3v) is 8.61. The predicted octanol–water partition coefficient (Wildman–Crippen LogP) is 3.53. The first kappa shape index (κ1) is 23.1. The molecule has 0 spiro atoms. The lowest BCUT2D eigenvalue weighted by molar-refractivity contribution is -0.141. The molecule has 8 nitrogen and oxygen atoms in total. The second-order valence-corrected chi connectivity index (χ2v) is 11.2. The van der Waals surface area contributed by atoms with Crippen molar-refractivity contribution in [2.24, 2.45) is 17.8 Å². The lowest BCUT2D eigenvalue weighted by Crippen LogP contribution is -2.62. The van der Waals surface area contributed by atoms with Crippen LogP contribution in [0.3, 0.4) is 0 Å². The van der Waals surface area contributed by atoms with E-state index in [1.54, 1.807) is 15.3 Å². The lowest BCUT2D eigenvalue weighted by atomic mass is 9.52. The van der Waals surface area contributed by atoms with Crippen LogP contribution in [0.25, 0.3) is 0 Å². The molecule has 1 heterocycles. The smallest absolute Gasteiger partial charge is 0.328 e. The number of nitrogens with zero attached hydrogens (tertiary/aromatic N) is 3. The van der Waals surface area contributed by atoms with E-state index in [0.29, 0.717) is 37.1 Å². The SMILES string of the molecule is CN(C)c1ccc(CN2C(=O)N(C34CC5CC(CC(C5)C3)C4)C(=O)C2CCCC(=O)NO)cc1. The number of urea groups is 1. The Balaban J connectivity index is 1.40. The minimum atomic E-state index is -0.569. The van der Waals surface area contributed by atoms with Gasteiger partial charge in [0.15, 0.2) is 0 Å². The second-order valence-electron chi connectivity index (χ2n) is 11.2. The molecule has 1 atom stereocenters. The number of hydroxylamine groups is 1. The predicted molar refractivity (Wildman–Crippen MR) is 127 cm³/mol. The topological polar surface area (TPSA) is 93.2 Å². The summed E-state index contributed by atoms with van der Waals surface area (Å²) in [5.41, 5.74) is 3.39. The number of amides is 4. The molecule has 184 valence electrons. The van der Waals surface area contributed by atoms with Crippen LogP contribution in [0.5, 0.6) is 0 Å². The highest BCUT2D eigenvalue weighted by molar-refractivity contribution is 6.05. The molecule has 6 rings (SSSR count). The number of nitrogens with one attached hydrogen (secondary N) is 1. The monoisotopic (exact) mass is 468 g/mol. The molecule has 1 saturated heterocycles. The van der Waals surface area contributed by atoms with Crippen molar-refractivity contribution in [1.29, 1.82) is 0 Å². The van der Waals surface area contributed by atoms with Gasteiger partial charge in [-0.15, -0.1) is 0 Å². The summed E-state index contributed by atoms with van der Waals surface area (Å²) in [6, 6.07) is 7.33. The van der Waals surface area contributed by atoms with Crippen molar-refractivity contribution in [2.45, 2.75) is 75.9 Å². The number of carbonyl (C=O) groups is 3. The summed E-state index contributed by atoms with van der Waals surface area (Å²) in [6.07, 6.45) is 7.55. The molecule has 5 aliphatic rings. The molecule has 4 saturated carbocycles. The van der Waals surface area contributed by atoms with Crippen molar-refractivity contribution in [1.82, 2.24) is 15.3 Å². The lowest BCUT2D eigenvalue weighted by Gasteiger charge is -2.58. The molecule has 4 amide bonds. The molecule has 4 bridgehead atoms. The van der Waals surface area contributed by atoms with Crippen LogP contribution < -0.4 is 10.4 Å². The number of anilines is 1. The Bertz CT molecular complexity index is 925. The first-order chi connectivity index (χ1) is 16.3. The molecule has 8 heteroatoms. The minimum absolute atomic E-state index is 0.0960. The van der Waals surface area contributed by atoms with Crippen molar-refractivity contribution in [3.63, 3.8) is 0 Å². The number of rotatable bonds is 8. The normalized spacial score (nSPS) is 32.0. The van der Waals surface area contributed by atoms with Crippen molar-refractivity contribution >= 4 is 23.5 Å². The van der Waals surface area contributed by atoms with Gasteiger partial charge in [0.05, 0.1) is 5.54 Å². The summed E-state index contributed by atoms with van der Waals surface area (Å²) in [4.78, 5) is 44.7. The van der Waals surface area contributed by atoms with Gasteiger partial charge in [0, 0.05) is 32.7 Å². The Labute approximate surface area is 201 Å². The van der Waals surface area contributed by atoms with E-state index in [2.05, 4.69) is 0 Å². The van der Waals surface area contributed by atoms with Crippen LogP contribution in [0.4, 0.5) is 10.5 Å². The van der Waals surface area contributed by atoms with Gasteiger partial charge in [-0.3, -0.25) is 19.7 Å². The highest BCUT2D eigenvalue weighted by atomic mass is 16.5. The Kier molecular flexibility index (Phi) is 6.04. The van der Waals surface area contributed by atoms with E-state index in [9.17, 15) is 14.4 Å². The number of hydrogen-bond acceptors (Lipinski definition) is 5. The molecular weight excluding hydrogens is 432 g/mol.